The van der Waals surface area contributed by atoms with Crippen molar-refractivity contribution in [2.75, 3.05) is 43.1 Å². The molecule has 0 radical (unpaired) electrons. The Labute approximate surface area is 200 Å². The second-order valence-corrected chi connectivity index (χ2v) is 9.28. The van der Waals surface area contributed by atoms with E-state index in [1.54, 1.807) is 30.9 Å². The van der Waals surface area contributed by atoms with Gasteiger partial charge in [-0.15, -0.1) is 0 Å². The first kappa shape index (κ1) is 24.9. The zero-order valence-electron chi connectivity index (χ0n) is 19.5. The maximum absolute atomic E-state index is 13.1. The van der Waals surface area contributed by atoms with Gasteiger partial charge in [-0.25, -0.2) is 4.98 Å². The molecule has 0 aliphatic carbocycles. The van der Waals surface area contributed by atoms with Gasteiger partial charge in [-0.3, -0.25) is 9.59 Å². The summed E-state index contributed by atoms with van der Waals surface area (Å²) in [5.74, 6) is -0.954. The number of amides is 2. The van der Waals surface area contributed by atoms with E-state index in [-0.39, 0.29) is 11.6 Å². The first-order chi connectivity index (χ1) is 16.4. The molecule has 2 N–H and O–H groups in total. The van der Waals surface area contributed by atoms with Crippen molar-refractivity contribution in [1.29, 1.82) is 0 Å². The molecule has 4 rings (SSSR count). The van der Waals surface area contributed by atoms with Crippen molar-refractivity contribution in [3.63, 3.8) is 0 Å². The van der Waals surface area contributed by atoms with Gasteiger partial charge in [0.2, 0.25) is 0 Å². The van der Waals surface area contributed by atoms with Crippen molar-refractivity contribution in [2.24, 2.45) is 0 Å². The molecular formula is C24H27F3N4O4. The van der Waals surface area contributed by atoms with Gasteiger partial charge in [0.05, 0.1) is 30.2 Å². The van der Waals surface area contributed by atoms with E-state index in [9.17, 15) is 27.9 Å². The second-order valence-electron chi connectivity index (χ2n) is 9.28. The van der Waals surface area contributed by atoms with Crippen LogP contribution in [0.2, 0.25) is 0 Å². The predicted molar refractivity (Wildman–Crippen MR) is 122 cm³/mol. The van der Waals surface area contributed by atoms with Crippen LogP contribution in [0.4, 0.5) is 24.5 Å². The van der Waals surface area contributed by atoms with Gasteiger partial charge < -0.3 is 25.0 Å². The van der Waals surface area contributed by atoms with Gasteiger partial charge in [-0.1, -0.05) is 6.07 Å². The second kappa shape index (κ2) is 9.46. The summed E-state index contributed by atoms with van der Waals surface area (Å²) in [6.45, 7) is 5.99. The number of fused-ring (bicyclic) bond motifs is 1. The van der Waals surface area contributed by atoms with E-state index >= 15 is 0 Å². The van der Waals surface area contributed by atoms with E-state index in [1.807, 2.05) is 4.90 Å². The number of carbonyl (C=O) groups excluding carboxylic acids is 2. The van der Waals surface area contributed by atoms with Crippen LogP contribution < -0.4 is 10.2 Å². The highest BCUT2D eigenvalue weighted by Gasteiger charge is 2.34. The van der Waals surface area contributed by atoms with Crippen molar-refractivity contribution in [3.8, 4) is 0 Å². The summed E-state index contributed by atoms with van der Waals surface area (Å²) in [7, 11) is 0. The molecule has 0 saturated carbocycles. The fourth-order valence-corrected chi connectivity index (χ4v) is 4.07. The summed E-state index contributed by atoms with van der Waals surface area (Å²) >= 11 is 0. The Kier molecular flexibility index (Phi) is 6.74. The minimum atomic E-state index is -4.67. The molecule has 2 aliphatic rings. The molecule has 2 aromatic rings. The Morgan fingerprint density at radius 2 is 1.91 bits per heavy atom. The molecule has 1 aromatic heterocycles. The number of nitrogens with zero attached hydrogens (tertiary/aromatic N) is 3. The number of benzene rings is 1. The van der Waals surface area contributed by atoms with Crippen LogP contribution in [0.3, 0.4) is 0 Å². The number of hydrogen-bond donors (Lipinski definition) is 2. The number of aromatic nitrogens is 1. The molecule has 1 aromatic carbocycles. The van der Waals surface area contributed by atoms with Crippen LogP contribution in [0.1, 0.15) is 52.4 Å². The number of alkyl halides is 3. The highest BCUT2D eigenvalue weighted by Crippen LogP contribution is 2.35. The van der Waals surface area contributed by atoms with Crippen molar-refractivity contribution >= 4 is 23.2 Å². The molecule has 2 amide bonds. The number of morpholine rings is 1. The molecule has 1 fully saturated rings. The summed E-state index contributed by atoms with van der Waals surface area (Å²) in [5.41, 5.74) is -0.285. The van der Waals surface area contributed by atoms with Crippen LogP contribution in [0, 0.1) is 0 Å². The molecule has 188 valence electrons. The first-order valence-corrected chi connectivity index (χ1v) is 11.3. The molecule has 0 bridgehead atoms. The zero-order chi connectivity index (χ0) is 25.4. The Morgan fingerprint density at radius 3 is 2.57 bits per heavy atom. The van der Waals surface area contributed by atoms with Crippen molar-refractivity contribution in [1.82, 2.24) is 9.88 Å². The van der Waals surface area contributed by atoms with Crippen LogP contribution in [0.5, 0.6) is 0 Å². The number of hydrogen-bond acceptors (Lipinski definition) is 6. The van der Waals surface area contributed by atoms with E-state index in [1.165, 1.54) is 6.07 Å². The third-order valence-corrected chi connectivity index (χ3v) is 5.97. The van der Waals surface area contributed by atoms with Gasteiger partial charge in [0.25, 0.3) is 11.8 Å². The maximum Gasteiger partial charge on any atom is 0.433 e. The highest BCUT2D eigenvalue weighted by molar-refractivity contribution is 6.07. The summed E-state index contributed by atoms with van der Waals surface area (Å²) < 4.78 is 44.6. The number of nitrogens with one attached hydrogen (secondary N) is 1. The fourth-order valence-electron chi connectivity index (χ4n) is 4.07. The standard InChI is InChI=1S/C24H27F3N4O4/c1-23(2,34)6-7-31-14-15-12-18(19(13-16(15)22(31)33)30-8-10-35-11-9-30)29-21(32)17-4-3-5-20(28-17)24(25,26)27/h3-5,12-13,34H,6-11,14H2,1-2H3,(H,29,32). The summed E-state index contributed by atoms with van der Waals surface area (Å²) in [6.07, 6.45) is -4.27. The van der Waals surface area contributed by atoms with E-state index in [0.717, 1.165) is 12.1 Å². The van der Waals surface area contributed by atoms with Crippen LogP contribution in [0.15, 0.2) is 30.3 Å². The lowest BCUT2D eigenvalue weighted by Crippen LogP contribution is -2.37. The van der Waals surface area contributed by atoms with Crippen LogP contribution in [0.25, 0.3) is 0 Å². The first-order valence-electron chi connectivity index (χ1n) is 11.3. The van der Waals surface area contributed by atoms with Gasteiger partial charge in [0.1, 0.15) is 11.4 Å². The summed E-state index contributed by atoms with van der Waals surface area (Å²) in [6, 6.07) is 6.55. The average Bonchev–Trinajstić information content (AvgIpc) is 3.11. The number of anilines is 2. The van der Waals surface area contributed by atoms with E-state index < -0.39 is 23.4 Å². The number of rotatable bonds is 6. The average molecular weight is 492 g/mol. The number of ether oxygens (including phenoxy) is 1. The van der Waals surface area contributed by atoms with Gasteiger partial charge in [-0.2, -0.15) is 13.2 Å². The summed E-state index contributed by atoms with van der Waals surface area (Å²) in [5, 5.41) is 12.7. The van der Waals surface area contributed by atoms with Gasteiger partial charge in [0, 0.05) is 31.7 Å². The Hall–Kier alpha value is -3.18. The lowest BCUT2D eigenvalue weighted by atomic mass is 10.1. The van der Waals surface area contributed by atoms with Crippen molar-refractivity contribution < 1.29 is 32.6 Å². The smallest absolute Gasteiger partial charge is 0.390 e. The number of halogens is 3. The van der Waals surface area contributed by atoms with Crippen molar-refractivity contribution in [3.05, 3.63) is 52.8 Å². The number of aliphatic hydroxyl groups is 1. The third kappa shape index (κ3) is 5.73. The van der Waals surface area contributed by atoms with Gasteiger partial charge in [-0.05, 0) is 50.1 Å². The fraction of sp³-hybridized carbons (Fsp3) is 0.458. The van der Waals surface area contributed by atoms with Gasteiger partial charge >= 0.3 is 6.18 Å². The molecular weight excluding hydrogens is 465 g/mol. The van der Waals surface area contributed by atoms with E-state index in [2.05, 4.69) is 10.3 Å². The predicted octanol–water partition coefficient (Wildman–Crippen LogP) is 3.31. The SMILES string of the molecule is CC(C)(O)CCN1Cc2cc(NC(=O)c3cccc(C(F)(F)F)n3)c(N3CCOCC3)cc2C1=O. The van der Waals surface area contributed by atoms with E-state index in [0.29, 0.717) is 68.3 Å². The Bertz CT molecular complexity index is 1120. The topological polar surface area (TPSA) is 95.0 Å². The largest absolute Gasteiger partial charge is 0.433 e. The highest BCUT2D eigenvalue weighted by atomic mass is 19.4. The minimum absolute atomic E-state index is 0.170. The van der Waals surface area contributed by atoms with Gasteiger partial charge in [0.15, 0.2) is 0 Å². The molecule has 11 heteroatoms. The number of pyridine rings is 1. The molecule has 0 unspecified atom stereocenters. The summed E-state index contributed by atoms with van der Waals surface area (Å²) in [4.78, 5) is 33.0. The van der Waals surface area contributed by atoms with E-state index in [4.69, 9.17) is 4.74 Å². The molecule has 2 aliphatic heterocycles. The Morgan fingerprint density at radius 1 is 1.20 bits per heavy atom. The third-order valence-electron chi connectivity index (χ3n) is 5.97. The normalized spacial score (nSPS) is 16.5. The lowest BCUT2D eigenvalue weighted by molar-refractivity contribution is -0.141. The minimum Gasteiger partial charge on any atom is -0.390 e. The van der Waals surface area contributed by atoms with Crippen molar-refractivity contribution in [2.45, 2.75) is 38.6 Å². The van der Waals surface area contributed by atoms with Crippen LogP contribution in [-0.4, -0.2) is 65.3 Å². The lowest BCUT2D eigenvalue weighted by Gasteiger charge is -2.31. The quantitative estimate of drug-likeness (QED) is 0.643. The Balaban J connectivity index is 1.64. The zero-order valence-corrected chi connectivity index (χ0v) is 19.5. The monoisotopic (exact) mass is 492 g/mol. The molecule has 35 heavy (non-hydrogen) atoms. The molecule has 0 spiro atoms. The maximum atomic E-state index is 13.1. The molecule has 3 heterocycles. The molecule has 1 saturated heterocycles. The van der Waals surface area contributed by atoms with Crippen LogP contribution >= 0.6 is 0 Å². The van der Waals surface area contributed by atoms with Crippen LogP contribution in [-0.2, 0) is 17.5 Å². The molecule has 8 nitrogen and oxygen atoms in total. The molecule has 0 atom stereocenters. The number of carbonyl (C=O) groups is 2.